The summed E-state index contributed by atoms with van der Waals surface area (Å²) in [5, 5.41) is 9.91. The van der Waals surface area contributed by atoms with Gasteiger partial charge in [-0.1, -0.05) is 46.2 Å². The molecule has 1 aliphatic rings. The van der Waals surface area contributed by atoms with Crippen molar-refractivity contribution in [3.05, 3.63) is 52.6 Å². The number of ether oxygens (including phenoxy) is 1. The van der Waals surface area contributed by atoms with Gasteiger partial charge in [-0.25, -0.2) is 13.2 Å². The molecule has 2 aromatic rings. The fourth-order valence-corrected chi connectivity index (χ4v) is 5.39. The Kier molecular flexibility index (Phi) is 7.73. The van der Waals surface area contributed by atoms with Gasteiger partial charge in [0.05, 0.1) is 17.9 Å². The van der Waals surface area contributed by atoms with Gasteiger partial charge in [-0.05, 0) is 78.8 Å². The van der Waals surface area contributed by atoms with Crippen LogP contribution in [0.15, 0.2) is 35.2 Å². The molecule has 2 aromatic carbocycles. The van der Waals surface area contributed by atoms with Crippen LogP contribution in [0, 0.1) is 0 Å². The number of rotatable bonds is 10. The summed E-state index contributed by atoms with van der Waals surface area (Å²) in [5.41, 5.74) is 2.53. The lowest BCUT2D eigenvalue weighted by Crippen LogP contribution is -2.21. The summed E-state index contributed by atoms with van der Waals surface area (Å²) < 4.78 is 35.6. The number of carboxylic acids is 1. The van der Waals surface area contributed by atoms with Crippen molar-refractivity contribution in [3.63, 3.8) is 0 Å². The van der Waals surface area contributed by atoms with E-state index in [1.165, 1.54) is 0 Å². The Balaban J connectivity index is 2.08. The zero-order valence-corrected chi connectivity index (χ0v) is 20.8. The molecule has 0 fully saturated rings. The van der Waals surface area contributed by atoms with Crippen molar-refractivity contribution in [1.82, 2.24) is 0 Å². The molecule has 0 bridgehead atoms. The van der Waals surface area contributed by atoms with Crippen LogP contribution in [0.3, 0.4) is 0 Å². The molecular formula is C26H35NO5S. The van der Waals surface area contributed by atoms with Crippen LogP contribution in [0.2, 0.25) is 0 Å². The summed E-state index contributed by atoms with van der Waals surface area (Å²) in [4.78, 5) is 12.2. The normalized spacial score (nSPS) is 13.9. The maximum Gasteiger partial charge on any atom is 0.338 e. The predicted molar refractivity (Wildman–Crippen MR) is 131 cm³/mol. The van der Waals surface area contributed by atoms with Gasteiger partial charge in [-0.15, -0.1) is 0 Å². The highest BCUT2D eigenvalue weighted by molar-refractivity contribution is 7.92. The minimum atomic E-state index is -4.09. The first-order valence-corrected chi connectivity index (χ1v) is 13.3. The number of hydrogen-bond donors (Lipinski definition) is 2. The minimum Gasteiger partial charge on any atom is -0.492 e. The molecule has 0 saturated heterocycles. The van der Waals surface area contributed by atoms with E-state index in [-0.39, 0.29) is 27.3 Å². The zero-order chi connectivity index (χ0) is 24.2. The fraction of sp³-hybridized carbons (Fsp3) is 0.500. The van der Waals surface area contributed by atoms with Crippen LogP contribution >= 0.6 is 0 Å². The van der Waals surface area contributed by atoms with E-state index in [1.54, 1.807) is 18.2 Å². The number of carbonyl (C=O) groups is 1. The lowest BCUT2D eigenvalue weighted by atomic mass is 9.82. The predicted octanol–water partition coefficient (Wildman–Crippen LogP) is 5.93. The lowest BCUT2D eigenvalue weighted by Gasteiger charge is -2.25. The topological polar surface area (TPSA) is 92.7 Å². The molecule has 7 heteroatoms. The summed E-state index contributed by atoms with van der Waals surface area (Å²) in [6.07, 6.45) is 5.93. The van der Waals surface area contributed by atoms with Crippen LogP contribution < -0.4 is 9.46 Å². The van der Waals surface area contributed by atoms with Gasteiger partial charge in [-0.3, -0.25) is 4.72 Å². The van der Waals surface area contributed by atoms with Gasteiger partial charge in [0.15, 0.2) is 0 Å². The molecule has 0 unspecified atom stereocenters. The van der Waals surface area contributed by atoms with E-state index in [0.717, 1.165) is 55.2 Å². The molecule has 180 valence electrons. The second kappa shape index (κ2) is 10.2. The van der Waals surface area contributed by atoms with Crippen molar-refractivity contribution in [2.75, 3.05) is 11.3 Å². The first-order valence-electron chi connectivity index (χ1n) is 11.8. The van der Waals surface area contributed by atoms with Crippen LogP contribution in [0.4, 0.5) is 5.69 Å². The van der Waals surface area contributed by atoms with E-state index in [9.17, 15) is 18.3 Å². The number of anilines is 1. The zero-order valence-electron chi connectivity index (χ0n) is 20.0. The lowest BCUT2D eigenvalue weighted by molar-refractivity contribution is 0.0696. The molecule has 0 heterocycles. The first kappa shape index (κ1) is 25.1. The minimum absolute atomic E-state index is 0.0340. The Morgan fingerprint density at radius 2 is 1.85 bits per heavy atom. The average molecular weight is 474 g/mol. The Morgan fingerprint density at radius 1 is 1.12 bits per heavy atom. The van der Waals surface area contributed by atoms with E-state index in [1.807, 2.05) is 19.1 Å². The van der Waals surface area contributed by atoms with E-state index >= 15 is 0 Å². The molecule has 0 amide bonds. The fourth-order valence-electron chi connectivity index (χ4n) is 4.15. The van der Waals surface area contributed by atoms with E-state index in [4.69, 9.17) is 4.74 Å². The maximum atomic E-state index is 13.6. The van der Waals surface area contributed by atoms with Gasteiger partial charge in [0.2, 0.25) is 0 Å². The van der Waals surface area contributed by atoms with E-state index < -0.39 is 16.0 Å². The molecule has 1 aliphatic carbocycles. The van der Waals surface area contributed by atoms with Gasteiger partial charge in [0.25, 0.3) is 10.0 Å². The Bertz CT molecular complexity index is 1120. The summed E-state index contributed by atoms with van der Waals surface area (Å²) >= 11 is 0. The van der Waals surface area contributed by atoms with Gasteiger partial charge in [-0.2, -0.15) is 0 Å². The number of sulfonamides is 1. The Hall–Kier alpha value is -2.54. The summed E-state index contributed by atoms with van der Waals surface area (Å²) in [6, 6.07) is 8.69. The largest absolute Gasteiger partial charge is 0.492 e. The number of benzene rings is 2. The molecule has 0 spiro atoms. The number of fused-ring (bicyclic) bond motifs is 1. The van der Waals surface area contributed by atoms with Crippen molar-refractivity contribution < 1.29 is 23.1 Å². The molecule has 6 nitrogen and oxygen atoms in total. The molecule has 0 saturated carbocycles. The van der Waals surface area contributed by atoms with Crippen molar-refractivity contribution in [2.45, 2.75) is 83.0 Å². The third kappa shape index (κ3) is 5.52. The second-order valence-electron chi connectivity index (χ2n) is 9.34. The SMILES string of the molecule is CCCCOc1ccc(C(C)(C)CC)cc1S(=O)(=O)Nc1ccc2c(c1C(=O)O)CCCC2. The van der Waals surface area contributed by atoms with Gasteiger partial charge in [0.1, 0.15) is 10.6 Å². The summed E-state index contributed by atoms with van der Waals surface area (Å²) in [5.74, 6) is -0.840. The molecular weight excluding hydrogens is 438 g/mol. The summed E-state index contributed by atoms with van der Waals surface area (Å²) in [7, 11) is -4.09. The van der Waals surface area contributed by atoms with Crippen LogP contribution in [0.25, 0.3) is 0 Å². The molecule has 2 N–H and O–H groups in total. The third-order valence-electron chi connectivity index (χ3n) is 6.65. The number of aromatic carboxylic acids is 1. The van der Waals surface area contributed by atoms with Crippen molar-refractivity contribution in [3.8, 4) is 5.75 Å². The summed E-state index contributed by atoms with van der Waals surface area (Å²) in [6.45, 7) is 8.64. The van der Waals surface area contributed by atoms with Crippen molar-refractivity contribution in [2.24, 2.45) is 0 Å². The molecule has 33 heavy (non-hydrogen) atoms. The molecule has 0 aliphatic heterocycles. The first-order chi connectivity index (χ1) is 15.6. The van der Waals surface area contributed by atoms with Crippen molar-refractivity contribution >= 4 is 21.7 Å². The number of hydrogen-bond acceptors (Lipinski definition) is 4. The van der Waals surface area contributed by atoms with Crippen LogP contribution in [0.1, 0.15) is 86.8 Å². The standard InChI is InChI=1S/C26H35NO5S/c1-5-7-16-32-22-15-13-19(26(3,4)6-2)17-23(22)33(30,31)27-21-14-12-18-10-8-9-11-20(18)24(21)25(28)29/h12-15,17,27H,5-11,16H2,1-4H3,(H,28,29). The molecule has 3 rings (SSSR count). The highest BCUT2D eigenvalue weighted by atomic mass is 32.2. The molecule has 0 radical (unpaired) electrons. The van der Waals surface area contributed by atoms with Gasteiger partial charge < -0.3 is 9.84 Å². The molecule has 0 aromatic heterocycles. The number of unbranched alkanes of at least 4 members (excludes halogenated alkanes) is 1. The Morgan fingerprint density at radius 3 is 2.52 bits per heavy atom. The quantitative estimate of drug-likeness (QED) is 0.417. The smallest absolute Gasteiger partial charge is 0.338 e. The maximum absolute atomic E-state index is 13.6. The van der Waals surface area contributed by atoms with Gasteiger partial charge in [0, 0.05) is 0 Å². The molecule has 0 atom stereocenters. The van der Waals surface area contributed by atoms with Crippen LogP contribution in [-0.4, -0.2) is 26.1 Å². The highest BCUT2D eigenvalue weighted by Gasteiger charge is 2.28. The second-order valence-corrected chi connectivity index (χ2v) is 11.0. The van der Waals surface area contributed by atoms with Crippen LogP contribution in [0.5, 0.6) is 5.75 Å². The van der Waals surface area contributed by atoms with Crippen molar-refractivity contribution in [1.29, 1.82) is 0 Å². The third-order valence-corrected chi connectivity index (χ3v) is 8.03. The number of carboxylic acid groups (broad SMARTS) is 1. The number of aryl methyl sites for hydroxylation is 1. The van der Waals surface area contributed by atoms with E-state index in [2.05, 4.69) is 25.5 Å². The van der Waals surface area contributed by atoms with E-state index in [0.29, 0.717) is 13.0 Å². The van der Waals surface area contributed by atoms with Crippen LogP contribution in [-0.2, 0) is 28.3 Å². The number of nitrogens with one attached hydrogen (secondary N) is 1. The Labute approximate surface area is 197 Å². The highest BCUT2D eigenvalue weighted by Crippen LogP contribution is 2.36. The monoisotopic (exact) mass is 473 g/mol. The average Bonchev–Trinajstić information content (AvgIpc) is 2.78. The van der Waals surface area contributed by atoms with Gasteiger partial charge >= 0.3 is 5.97 Å².